The lowest BCUT2D eigenvalue weighted by molar-refractivity contribution is -0.142. The largest absolute Gasteiger partial charge is 0.461 e. The fraction of sp³-hybridized carbons (Fsp3) is 0.737. The van der Waals surface area contributed by atoms with Crippen LogP contribution in [0.15, 0.2) is 24.8 Å². The van der Waals surface area contributed by atoms with Crippen LogP contribution in [0.1, 0.15) is 84.0 Å². The summed E-state index contributed by atoms with van der Waals surface area (Å²) in [5.41, 5.74) is 0. The molecule has 0 N–H and O–H groups in total. The lowest BCUT2D eigenvalue weighted by Gasteiger charge is -2.02. The molecule has 0 aliphatic rings. The van der Waals surface area contributed by atoms with E-state index in [0.717, 1.165) is 12.8 Å². The number of hydrogen-bond donors (Lipinski definition) is 0. The van der Waals surface area contributed by atoms with E-state index in [1.54, 1.807) is 6.08 Å². The summed E-state index contributed by atoms with van der Waals surface area (Å²) in [5.74, 6) is -0.0964. The minimum absolute atomic E-state index is 0.0964. The van der Waals surface area contributed by atoms with Gasteiger partial charge in [0.05, 0.1) is 0 Å². The van der Waals surface area contributed by atoms with Crippen LogP contribution in [0.4, 0.5) is 0 Å². The highest BCUT2D eigenvalue weighted by molar-refractivity contribution is 5.69. The van der Waals surface area contributed by atoms with Gasteiger partial charge in [-0.25, -0.2) is 0 Å². The van der Waals surface area contributed by atoms with Crippen molar-refractivity contribution in [2.45, 2.75) is 84.0 Å². The van der Waals surface area contributed by atoms with Crippen molar-refractivity contribution in [1.82, 2.24) is 0 Å². The minimum atomic E-state index is -0.0964. The van der Waals surface area contributed by atoms with Crippen molar-refractivity contribution in [2.75, 3.05) is 6.61 Å². The van der Waals surface area contributed by atoms with Gasteiger partial charge in [0.2, 0.25) is 0 Å². The maximum absolute atomic E-state index is 11.2. The van der Waals surface area contributed by atoms with Crippen LogP contribution in [0, 0.1) is 0 Å². The first-order valence-electron chi connectivity index (χ1n) is 8.72. The van der Waals surface area contributed by atoms with Crippen LogP contribution in [0.5, 0.6) is 0 Å². The highest BCUT2D eigenvalue weighted by Gasteiger charge is 2.00. The fourth-order valence-electron chi connectivity index (χ4n) is 2.21. The Bertz CT molecular complexity index is 269. The second kappa shape index (κ2) is 17.0. The van der Waals surface area contributed by atoms with Crippen molar-refractivity contribution in [3.8, 4) is 0 Å². The molecule has 0 aromatic heterocycles. The van der Waals surface area contributed by atoms with Crippen molar-refractivity contribution in [3.05, 3.63) is 24.8 Å². The normalized spacial score (nSPS) is 10.9. The SMILES string of the molecule is C=CCOC(=O)CCCCCCC/C=C\CCCCCC. The molecule has 0 heterocycles. The molecule has 0 rings (SSSR count). The predicted molar refractivity (Wildman–Crippen MR) is 91.4 cm³/mol. The maximum Gasteiger partial charge on any atom is 0.306 e. The summed E-state index contributed by atoms with van der Waals surface area (Å²) in [4.78, 5) is 11.2. The van der Waals surface area contributed by atoms with Crippen molar-refractivity contribution < 1.29 is 9.53 Å². The Hall–Kier alpha value is -1.05. The van der Waals surface area contributed by atoms with Gasteiger partial charge in [-0.05, 0) is 32.1 Å². The molecule has 0 unspecified atom stereocenters. The molecule has 0 radical (unpaired) electrons. The van der Waals surface area contributed by atoms with Crippen LogP contribution >= 0.6 is 0 Å². The Balaban J connectivity index is 3.16. The molecule has 0 bridgehead atoms. The number of carbonyl (C=O) groups excluding carboxylic acids is 1. The molecule has 0 saturated heterocycles. The number of esters is 1. The van der Waals surface area contributed by atoms with Gasteiger partial charge in [-0.3, -0.25) is 4.79 Å². The van der Waals surface area contributed by atoms with Gasteiger partial charge in [-0.15, -0.1) is 0 Å². The van der Waals surface area contributed by atoms with Crippen molar-refractivity contribution >= 4 is 5.97 Å². The Kier molecular flexibility index (Phi) is 16.2. The minimum Gasteiger partial charge on any atom is -0.461 e. The van der Waals surface area contributed by atoms with Gasteiger partial charge in [-0.1, -0.05) is 70.3 Å². The summed E-state index contributed by atoms with van der Waals surface area (Å²) in [5, 5.41) is 0. The first-order chi connectivity index (χ1) is 10.3. The van der Waals surface area contributed by atoms with Gasteiger partial charge in [-0.2, -0.15) is 0 Å². The molecule has 0 aromatic carbocycles. The third kappa shape index (κ3) is 16.9. The van der Waals surface area contributed by atoms with E-state index >= 15 is 0 Å². The third-order valence-electron chi connectivity index (χ3n) is 3.50. The van der Waals surface area contributed by atoms with Gasteiger partial charge in [0.25, 0.3) is 0 Å². The highest BCUT2D eigenvalue weighted by Crippen LogP contribution is 2.09. The molecule has 0 saturated carbocycles. The lowest BCUT2D eigenvalue weighted by atomic mass is 10.1. The summed E-state index contributed by atoms with van der Waals surface area (Å²) in [7, 11) is 0. The molecule has 2 nitrogen and oxygen atoms in total. The molecule has 21 heavy (non-hydrogen) atoms. The molecule has 0 aliphatic heterocycles. The van der Waals surface area contributed by atoms with E-state index in [0.29, 0.717) is 13.0 Å². The molecular weight excluding hydrogens is 260 g/mol. The van der Waals surface area contributed by atoms with E-state index in [1.165, 1.54) is 57.8 Å². The molecule has 0 aliphatic carbocycles. The van der Waals surface area contributed by atoms with Crippen LogP contribution < -0.4 is 0 Å². The second-order valence-electron chi connectivity index (χ2n) is 5.60. The third-order valence-corrected chi connectivity index (χ3v) is 3.50. The summed E-state index contributed by atoms with van der Waals surface area (Å²) in [6.45, 7) is 6.11. The topological polar surface area (TPSA) is 26.3 Å². The van der Waals surface area contributed by atoms with Gasteiger partial charge in [0, 0.05) is 6.42 Å². The first-order valence-corrected chi connectivity index (χ1v) is 8.72. The number of rotatable bonds is 15. The summed E-state index contributed by atoms with van der Waals surface area (Å²) >= 11 is 0. The summed E-state index contributed by atoms with van der Waals surface area (Å²) in [6, 6.07) is 0. The molecule has 0 amide bonds. The van der Waals surface area contributed by atoms with Crippen molar-refractivity contribution in [1.29, 1.82) is 0 Å². The number of unbranched alkanes of at least 4 members (excludes halogenated alkanes) is 9. The van der Waals surface area contributed by atoms with Crippen LogP contribution in [0.3, 0.4) is 0 Å². The Morgan fingerprint density at radius 2 is 1.48 bits per heavy atom. The van der Waals surface area contributed by atoms with Crippen LogP contribution in [0.2, 0.25) is 0 Å². The number of hydrogen-bond acceptors (Lipinski definition) is 2. The maximum atomic E-state index is 11.2. The number of allylic oxidation sites excluding steroid dienone is 2. The Labute approximate surface area is 131 Å². The lowest BCUT2D eigenvalue weighted by Crippen LogP contribution is -2.03. The van der Waals surface area contributed by atoms with E-state index in [9.17, 15) is 4.79 Å². The van der Waals surface area contributed by atoms with Crippen molar-refractivity contribution in [3.63, 3.8) is 0 Å². The summed E-state index contributed by atoms with van der Waals surface area (Å²) < 4.78 is 4.93. The van der Waals surface area contributed by atoms with Gasteiger partial charge in [0.15, 0.2) is 0 Å². The molecule has 122 valence electrons. The van der Waals surface area contributed by atoms with E-state index < -0.39 is 0 Å². The second-order valence-corrected chi connectivity index (χ2v) is 5.60. The Morgan fingerprint density at radius 3 is 2.10 bits per heavy atom. The fourth-order valence-corrected chi connectivity index (χ4v) is 2.21. The van der Waals surface area contributed by atoms with Gasteiger partial charge in [0.1, 0.15) is 6.61 Å². The van der Waals surface area contributed by atoms with E-state index in [4.69, 9.17) is 4.74 Å². The average molecular weight is 294 g/mol. The Morgan fingerprint density at radius 1 is 0.905 bits per heavy atom. The van der Waals surface area contributed by atoms with Crippen LogP contribution in [-0.4, -0.2) is 12.6 Å². The molecular formula is C19H34O2. The monoisotopic (exact) mass is 294 g/mol. The van der Waals surface area contributed by atoms with Crippen LogP contribution in [0.25, 0.3) is 0 Å². The van der Waals surface area contributed by atoms with Gasteiger partial charge < -0.3 is 4.74 Å². The zero-order chi connectivity index (χ0) is 15.6. The van der Waals surface area contributed by atoms with E-state index in [2.05, 4.69) is 25.7 Å². The van der Waals surface area contributed by atoms with Crippen LogP contribution in [-0.2, 0) is 9.53 Å². The standard InChI is InChI=1S/C19H34O2/c1-3-5-6-7-8-9-10-11-12-13-14-15-16-17-19(20)21-18-4-2/h4,9-10H,2-3,5-8,11-18H2,1H3/b10-9-. The first kappa shape index (κ1) is 19.9. The number of ether oxygens (including phenoxy) is 1. The molecule has 2 heteroatoms. The number of carbonyl (C=O) groups is 1. The summed E-state index contributed by atoms with van der Waals surface area (Å²) in [6.07, 6.45) is 20.5. The highest BCUT2D eigenvalue weighted by atomic mass is 16.5. The molecule has 0 fully saturated rings. The van der Waals surface area contributed by atoms with Gasteiger partial charge >= 0.3 is 5.97 Å². The quantitative estimate of drug-likeness (QED) is 0.211. The molecule has 0 aromatic rings. The zero-order valence-corrected chi connectivity index (χ0v) is 13.9. The van der Waals surface area contributed by atoms with E-state index in [1.807, 2.05) is 0 Å². The van der Waals surface area contributed by atoms with E-state index in [-0.39, 0.29) is 5.97 Å². The zero-order valence-electron chi connectivity index (χ0n) is 13.9. The van der Waals surface area contributed by atoms with Crippen molar-refractivity contribution in [2.24, 2.45) is 0 Å². The predicted octanol–water partition coefficient (Wildman–Crippen LogP) is 5.97. The molecule has 0 atom stereocenters. The average Bonchev–Trinajstić information content (AvgIpc) is 2.49. The molecule has 0 spiro atoms. The smallest absolute Gasteiger partial charge is 0.306 e.